The Morgan fingerprint density at radius 2 is 1.62 bits per heavy atom. The summed E-state index contributed by atoms with van der Waals surface area (Å²) in [7, 11) is 0. The predicted octanol–water partition coefficient (Wildman–Crippen LogP) is 1.32. The van der Waals surface area contributed by atoms with Gasteiger partial charge in [-0.2, -0.15) is 0 Å². The zero-order chi connectivity index (χ0) is 25.4. The van der Waals surface area contributed by atoms with E-state index in [0.29, 0.717) is 45.6 Å². The summed E-state index contributed by atoms with van der Waals surface area (Å²) < 4.78 is 5.30. The molecule has 192 valence electrons. The molecule has 10 nitrogen and oxygen atoms in total. The number of nitrogens with one attached hydrogen (secondary N) is 3. The van der Waals surface area contributed by atoms with Crippen LogP contribution in [-0.4, -0.2) is 78.7 Å². The van der Waals surface area contributed by atoms with E-state index in [2.05, 4.69) is 16.0 Å². The summed E-state index contributed by atoms with van der Waals surface area (Å²) in [6.45, 7) is 8.61. The number of carbonyl (C=O) groups is 5. The van der Waals surface area contributed by atoms with E-state index >= 15 is 0 Å². The Bertz CT molecular complexity index is 764. The number of morpholine rings is 1. The molecule has 3 N–H and O–H groups in total. The summed E-state index contributed by atoms with van der Waals surface area (Å²) in [5.74, 6) is -2.33. The third-order valence-electron chi connectivity index (χ3n) is 6.46. The number of nitrogens with zero attached hydrogens (tertiary/aromatic N) is 1. The molecule has 0 bridgehead atoms. The standard InChI is InChI=1S/C24H40N4O6/c1-5-9-17(19(30)20(31)25-16-18(29)23(2,3)4)26-21(32)24(10-7-6-8-11-24)27-22(33)28-12-14-34-15-13-28/h17H,5-16H2,1-4H3,(H,25,31)(H,26,32)(H,27,33)/t17-/m0/s1. The molecule has 0 unspecified atom stereocenters. The van der Waals surface area contributed by atoms with Gasteiger partial charge < -0.3 is 25.6 Å². The molecule has 1 saturated carbocycles. The molecule has 2 aliphatic rings. The average molecular weight is 481 g/mol. The van der Waals surface area contributed by atoms with Crippen LogP contribution in [0, 0.1) is 5.41 Å². The van der Waals surface area contributed by atoms with Crippen molar-refractivity contribution in [3.8, 4) is 0 Å². The van der Waals surface area contributed by atoms with Gasteiger partial charge in [-0.05, 0) is 19.3 Å². The van der Waals surface area contributed by atoms with Crippen LogP contribution in [0.2, 0.25) is 0 Å². The quantitative estimate of drug-likeness (QED) is 0.426. The minimum Gasteiger partial charge on any atom is -0.378 e. The molecule has 0 radical (unpaired) electrons. The second-order valence-electron chi connectivity index (χ2n) is 10.2. The van der Waals surface area contributed by atoms with Crippen molar-refractivity contribution >= 4 is 29.4 Å². The van der Waals surface area contributed by atoms with Crippen molar-refractivity contribution in [1.82, 2.24) is 20.9 Å². The van der Waals surface area contributed by atoms with Crippen LogP contribution in [0.4, 0.5) is 4.79 Å². The maximum Gasteiger partial charge on any atom is 0.318 e. The number of hydrogen-bond donors (Lipinski definition) is 3. The molecular weight excluding hydrogens is 440 g/mol. The number of rotatable bonds is 9. The third kappa shape index (κ3) is 7.51. The van der Waals surface area contributed by atoms with Gasteiger partial charge in [-0.3, -0.25) is 19.2 Å². The first-order chi connectivity index (χ1) is 16.0. The average Bonchev–Trinajstić information content (AvgIpc) is 2.81. The van der Waals surface area contributed by atoms with Gasteiger partial charge in [0, 0.05) is 18.5 Å². The monoisotopic (exact) mass is 480 g/mol. The van der Waals surface area contributed by atoms with Crippen LogP contribution in [0.1, 0.15) is 72.6 Å². The zero-order valence-electron chi connectivity index (χ0n) is 21.0. The molecule has 0 spiro atoms. The topological polar surface area (TPSA) is 134 Å². The summed E-state index contributed by atoms with van der Waals surface area (Å²) in [5, 5.41) is 8.07. The van der Waals surface area contributed by atoms with Gasteiger partial charge in [-0.15, -0.1) is 0 Å². The van der Waals surface area contributed by atoms with Gasteiger partial charge in [0.15, 0.2) is 5.78 Å². The van der Waals surface area contributed by atoms with Crippen molar-refractivity contribution in [3.05, 3.63) is 0 Å². The van der Waals surface area contributed by atoms with Gasteiger partial charge in [0.2, 0.25) is 11.7 Å². The van der Waals surface area contributed by atoms with Crippen molar-refractivity contribution in [3.63, 3.8) is 0 Å². The Labute approximate surface area is 201 Å². The Kier molecular flexibility index (Phi) is 10.0. The highest BCUT2D eigenvalue weighted by Crippen LogP contribution is 2.29. The van der Waals surface area contributed by atoms with Crippen LogP contribution in [-0.2, 0) is 23.9 Å². The number of hydrogen-bond acceptors (Lipinski definition) is 6. The van der Waals surface area contributed by atoms with E-state index in [0.717, 1.165) is 19.3 Å². The van der Waals surface area contributed by atoms with Crippen molar-refractivity contribution in [2.75, 3.05) is 32.8 Å². The van der Waals surface area contributed by atoms with Crippen LogP contribution < -0.4 is 16.0 Å². The van der Waals surface area contributed by atoms with Gasteiger partial charge in [0.25, 0.3) is 5.91 Å². The van der Waals surface area contributed by atoms with E-state index in [-0.39, 0.29) is 24.8 Å². The number of ether oxygens (including phenoxy) is 1. The molecule has 10 heteroatoms. The van der Waals surface area contributed by atoms with Crippen LogP contribution in [0.25, 0.3) is 0 Å². The molecule has 1 heterocycles. The summed E-state index contributed by atoms with van der Waals surface area (Å²) in [4.78, 5) is 65.3. The molecule has 0 aromatic carbocycles. The van der Waals surface area contributed by atoms with Gasteiger partial charge in [-0.1, -0.05) is 53.4 Å². The lowest BCUT2D eigenvalue weighted by molar-refractivity contribution is -0.141. The third-order valence-corrected chi connectivity index (χ3v) is 6.46. The Balaban J connectivity index is 2.08. The first-order valence-electron chi connectivity index (χ1n) is 12.3. The highest BCUT2D eigenvalue weighted by Gasteiger charge is 2.43. The second-order valence-corrected chi connectivity index (χ2v) is 10.2. The van der Waals surface area contributed by atoms with E-state index in [9.17, 15) is 24.0 Å². The lowest BCUT2D eigenvalue weighted by Crippen LogP contribution is -2.64. The first-order valence-corrected chi connectivity index (χ1v) is 12.3. The summed E-state index contributed by atoms with van der Waals surface area (Å²) in [6, 6.07) is -1.35. The smallest absolute Gasteiger partial charge is 0.318 e. The Morgan fingerprint density at radius 3 is 2.18 bits per heavy atom. The molecule has 4 amide bonds. The normalized spacial score (nSPS) is 19.0. The van der Waals surface area contributed by atoms with Gasteiger partial charge >= 0.3 is 6.03 Å². The number of carbonyl (C=O) groups excluding carboxylic acids is 5. The van der Waals surface area contributed by atoms with Crippen molar-refractivity contribution in [1.29, 1.82) is 0 Å². The van der Waals surface area contributed by atoms with E-state index in [1.165, 1.54) is 0 Å². The fourth-order valence-electron chi connectivity index (χ4n) is 4.14. The largest absolute Gasteiger partial charge is 0.378 e. The molecule has 2 rings (SSSR count). The van der Waals surface area contributed by atoms with E-state index in [1.807, 2.05) is 6.92 Å². The first kappa shape index (κ1) is 27.8. The van der Waals surface area contributed by atoms with E-state index in [4.69, 9.17) is 4.74 Å². The summed E-state index contributed by atoms with van der Waals surface area (Å²) >= 11 is 0. The van der Waals surface area contributed by atoms with Crippen LogP contribution >= 0.6 is 0 Å². The lowest BCUT2D eigenvalue weighted by atomic mass is 9.80. The van der Waals surface area contributed by atoms with Crippen molar-refractivity contribution in [2.45, 2.75) is 84.2 Å². The zero-order valence-corrected chi connectivity index (χ0v) is 21.0. The molecule has 1 aliphatic heterocycles. The molecule has 1 saturated heterocycles. The van der Waals surface area contributed by atoms with Gasteiger partial charge in [0.1, 0.15) is 5.54 Å². The highest BCUT2D eigenvalue weighted by molar-refractivity contribution is 6.38. The molecule has 1 aliphatic carbocycles. The number of urea groups is 1. The molecule has 0 aromatic rings. The summed E-state index contributed by atoms with van der Waals surface area (Å²) in [6.07, 6.45) is 4.29. The maximum atomic E-state index is 13.4. The summed E-state index contributed by atoms with van der Waals surface area (Å²) in [5.41, 5.74) is -1.77. The second kappa shape index (κ2) is 12.3. The van der Waals surface area contributed by atoms with E-state index < -0.39 is 34.6 Å². The van der Waals surface area contributed by atoms with Crippen LogP contribution in [0.3, 0.4) is 0 Å². The minimum atomic E-state index is -1.13. The van der Waals surface area contributed by atoms with Crippen LogP contribution in [0.5, 0.6) is 0 Å². The van der Waals surface area contributed by atoms with Crippen LogP contribution in [0.15, 0.2) is 0 Å². The highest BCUT2D eigenvalue weighted by atomic mass is 16.5. The number of Topliss-reactive ketones (excluding diaryl/α,β-unsaturated/α-hetero) is 2. The Morgan fingerprint density at radius 1 is 1.00 bits per heavy atom. The predicted molar refractivity (Wildman–Crippen MR) is 126 cm³/mol. The molecular formula is C24H40N4O6. The number of ketones is 2. The fraction of sp³-hybridized carbons (Fsp3) is 0.792. The molecule has 34 heavy (non-hydrogen) atoms. The minimum absolute atomic E-state index is 0.197. The number of amides is 4. The lowest BCUT2D eigenvalue weighted by Gasteiger charge is -2.39. The molecule has 2 fully saturated rings. The van der Waals surface area contributed by atoms with Gasteiger partial charge in [-0.25, -0.2) is 4.79 Å². The van der Waals surface area contributed by atoms with E-state index in [1.54, 1.807) is 25.7 Å². The Hall–Kier alpha value is -2.49. The molecule has 1 atom stereocenters. The van der Waals surface area contributed by atoms with Crippen molar-refractivity contribution < 1.29 is 28.7 Å². The molecule has 0 aromatic heterocycles. The SMILES string of the molecule is CCC[C@H](NC(=O)C1(NC(=O)N2CCOCC2)CCCCC1)C(=O)C(=O)NCC(=O)C(C)(C)C. The maximum absolute atomic E-state index is 13.4. The van der Waals surface area contributed by atoms with Crippen molar-refractivity contribution in [2.24, 2.45) is 5.41 Å². The fourth-order valence-corrected chi connectivity index (χ4v) is 4.14. The van der Waals surface area contributed by atoms with Gasteiger partial charge in [0.05, 0.1) is 25.8 Å².